The van der Waals surface area contributed by atoms with Gasteiger partial charge in [-0.05, 0) is 49.1 Å². The molecule has 0 radical (unpaired) electrons. The van der Waals surface area contributed by atoms with Gasteiger partial charge in [0.15, 0.2) is 11.5 Å². The third-order valence-electron chi connectivity index (χ3n) is 5.66. The van der Waals surface area contributed by atoms with Gasteiger partial charge in [-0.25, -0.2) is 0 Å². The number of aryl methyl sites for hydroxylation is 1. The molecule has 3 atom stereocenters. The van der Waals surface area contributed by atoms with E-state index >= 15 is 0 Å². The Balaban J connectivity index is 1.43. The molecule has 0 aliphatic carbocycles. The lowest BCUT2D eigenvalue weighted by Gasteiger charge is -2.47. The Morgan fingerprint density at radius 3 is 2.82 bits per heavy atom. The average Bonchev–Trinajstić information content (AvgIpc) is 3.39. The number of amides is 1. The molecule has 3 heterocycles. The largest absolute Gasteiger partial charge is 0.478 e. The van der Waals surface area contributed by atoms with Crippen molar-refractivity contribution in [3.05, 3.63) is 53.6 Å². The van der Waals surface area contributed by atoms with E-state index in [1.165, 1.54) is 0 Å². The van der Waals surface area contributed by atoms with Crippen molar-refractivity contribution in [2.45, 2.75) is 38.0 Å². The normalized spacial score (nSPS) is 25.7. The topological polar surface area (TPSA) is 57.2 Å². The maximum atomic E-state index is 13.0. The summed E-state index contributed by atoms with van der Waals surface area (Å²) < 4.78 is 22.9. The molecular weight excluding hydrogens is 358 g/mol. The molecule has 0 bridgehead atoms. The summed E-state index contributed by atoms with van der Waals surface area (Å²) in [5, 5.41) is 0. The van der Waals surface area contributed by atoms with Crippen LogP contribution in [0.4, 0.5) is 0 Å². The number of hydrogen-bond donors (Lipinski definition) is 0. The molecule has 0 N–H and O–H groups in total. The van der Waals surface area contributed by atoms with Crippen molar-refractivity contribution in [1.82, 2.24) is 4.90 Å². The van der Waals surface area contributed by atoms with Gasteiger partial charge in [-0.2, -0.15) is 0 Å². The Bertz CT molecular complexity index is 892. The second kappa shape index (κ2) is 7.02. The van der Waals surface area contributed by atoms with E-state index in [2.05, 4.69) is 0 Å². The van der Waals surface area contributed by atoms with E-state index in [-0.39, 0.29) is 24.8 Å². The summed E-state index contributed by atoms with van der Waals surface area (Å²) in [6.45, 7) is 3.57. The minimum absolute atomic E-state index is 0.00131. The summed E-state index contributed by atoms with van der Waals surface area (Å²) >= 11 is 0. The maximum Gasteiger partial charge on any atom is 0.266 e. The number of benzene rings is 2. The highest BCUT2D eigenvalue weighted by Crippen LogP contribution is 2.42. The SMILES string of the molecule is Cc1ccccc1O[C@@H]1C(=O)N(C[C@@H]2CCCO2)[C@@H]1c1ccc2c(c1)OCO2. The smallest absolute Gasteiger partial charge is 0.266 e. The Kier molecular flexibility index (Phi) is 4.36. The Morgan fingerprint density at radius 2 is 2.00 bits per heavy atom. The van der Waals surface area contributed by atoms with Gasteiger partial charge < -0.3 is 23.8 Å². The fraction of sp³-hybridized carbons (Fsp3) is 0.409. The van der Waals surface area contributed by atoms with Crippen molar-refractivity contribution in [2.24, 2.45) is 0 Å². The zero-order valence-corrected chi connectivity index (χ0v) is 15.8. The molecule has 6 nitrogen and oxygen atoms in total. The van der Waals surface area contributed by atoms with E-state index in [4.69, 9.17) is 18.9 Å². The van der Waals surface area contributed by atoms with Gasteiger partial charge in [0.05, 0.1) is 6.10 Å². The van der Waals surface area contributed by atoms with E-state index in [1.54, 1.807) is 0 Å². The molecule has 5 rings (SSSR count). The van der Waals surface area contributed by atoms with Crippen LogP contribution in [0.15, 0.2) is 42.5 Å². The standard InChI is InChI=1S/C22H23NO5/c1-14-5-2-3-7-17(14)28-21-20(15-8-9-18-19(11-15)27-13-26-18)23(22(21)24)12-16-6-4-10-25-16/h2-3,5,7-9,11,16,20-21H,4,6,10,12-13H2,1H3/t16-,20+,21-/m0/s1. The number of ether oxygens (including phenoxy) is 4. The van der Waals surface area contributed by atoms with E-state index in [9.17, 15) is 4.79 Å². The maximum absolute atomic E-state index is 13.0. The molecule has 146 valence electrons. The van der Waals surface area contributed by atoms with Gasteiger partial charge in [-0.1, -0.05) is 24.3 Å². The van der Waals surface area contributed by atoms with E-state index in [0.717, 1.165) is 42.1 Å². The predicted molar refractivity (Wildman–Crippen MR) is 102 cm³/mol. The molecule has 2 saturated heterocycles. The van der Waals surface area contributed by atoms with Crippen LogP contribution < -0.4 is 14.2 Å². The van der Waals surface area contributed by atoms with Crippen molar-refractivity contribution in [3.8, 4) is 17.2 Å². The van der Waals surface area contributed by atoms with Crippen LogP contribution in [-0.4, -0.2) is 43.0 Å². The van der Waals surface area contributed by atoms with Crippen molar-refractivity contribution >= 4 is 5.91 Å². The molecule has 3 aliphatic heterocycles. The second-order valence-corrected chi connectivity index (χ2v) is 7.49. The first-order valence-corrected chi connectivity index (χ1v) is 9.74. The van der Waals surface area contributed by atoms with Crippen LogP contribution in [-0.2, 0) is 9.53 Å². The summed E-state index contributed by atoms with van der Waals surface area (Å²) in [5.74, 6) is 2.18. The first-order valence-electron chi connectivity index (χ1n) is 9.74. The fourth-order valence-electron chi connectivity index (χ4n) is 4.12. The molecule has 6 heteroatoms. The zero-order chi connectivity index (χ0) is 19.1. The quantitative estimate of drug-likeness (QED) is 0.745. The monoisotopic (exact) mass is 381 g/mol. The van der Waals surface area contributed by atoms with E-state index < -0.39 is 6.10 Å². The van der Waals surface area contributed by atoms with Crippen LogP contribution in [0.2, 0.25) is 0 Å². The molecule has 0 aromatic heterocycles. The summed E-state index contributed by atoms with van der Waals surface area (Å²) in [7, 11) is 0. The van der Waals surface area contributed by atoms with Gasteiger partial charge in [-0.3, -0.25) is 4.79 Å². The molecule has 2 aromatic rings. The number of carbonyl (C=O) groups excluding carboxylic acids is 1. The molecule has 0 unspecified atom stereocenters. The van der Waals surface area contributed by atoms with Gasteiger partial charge in [0.2, 0.25) is 12.9 Å². The van der Waals surface area contributed by atoms with Gasteiger partial charge in [0.1, 0.15) is 11.8 Å². The van der Waals surface area contributed by atoms with Crippen molar-refractivity contribution in [2.75, 3.05) is 19.9 Å². The van der Waals surface area contributed by atoms with E-state index in [1.807, 2.05) is 54.3 Å². The first-order chi connectivity index (χ1) is 13.7. The number of rotatable bonds is 5. The Labute approximate surface area is 163 Å². The third kappa shape index (κ3) is 2.98. The number of nitrogens with zero attached hydrogens (tertiary/aromatic N) is 1. The molecule has 3 aliphatic rings. The molecular formula is C22H23NO5. The van der Waals surface area contributed by atoms with Crippen LogP contribution in [0.1, 0.15) is 30.0 Å². The summed E-state index contributed by atoms with van der Waals surface area (Å²) in [6.07, 6.45) is 1.58. The summed E-state index contributed by atoms with van der Waals surface area (Å²) in [6, 6.07) is 13.4. The third-order valence-corrected chi connectivity index (χ3v) is 5.66. The molecule has 28 heavy (non-hydrogen) atoms. The minimum atomic E-state index is -0.553. The number of β-lactam (4-membered cyclic amide) rings is 1. The number of hydrogen-bond acceptors (Lipinski definition) is 5. The Hall–Kier alpha value is -2.73. The highest BCUT2D eigenvalue weighted by molar-refractivity contribution is 5.89. The van der Waals surface area contributed by atoms with Crippen molar-refractivity contribution in [1.29, 1.82) is 0 Å². The van der Waals surface area contributed by atoms with Gasteiger partial charge in [0, 0.05) is 13.2 Å². The molecule has 0 spiro atoms. The van der Waals surface area contributed by atoms with Crippen LogP contribution in [0.25, 0.3) is 0 Å². The average molecular weight is 381 g/mol. The summed E-state index contributed by atoms with van der Waals surface area (Å²) in [5.41, 5.74) is 2.00. The first kappa shape index (κ1) is 17.4. The van der Waals surface area contributed by atoms with Crippen molar-refractivity contribution in [3.63, 3.8) is 0 Å². The minimum Gasteiger partial charge on any atom is -0.478 e. The molecule has 0 saturated carbocycles. The molecule has 1 amide bonds. The van der Waals surface area contributed by atoms with Crippen LogP contribution in [0.3, 0.4) is 0 Å². The molecule has 2 aromatic carbocycles. The number of likely N-dealkylation sites (tertiary alicyclic amines) is 1. The lowest BCUT2D eigenvalue weighted by atomic mass is 9.89. The highest BCUT2D eigenvalue weighted by atomic mass is 16.7. The van der Waals surface area contributed by atoms with Crippen LogP contribution in [0.5, 0.6) is 17.2 Å². The van der Waals surface area contributed by atoms with Crippen LogP contribution in [0, 0.1) is 6.92 Å². The second-order valence-electron chi connectivity index (χ2n) is 7.49. The van der Waals surface area contributed by atoms with Crippen molar-refractivity contribution < 1.29 is 23.7 Å². The molecule has 2 fully saturated rings. The van der Waals surface area contributed by atoms with Gasteiger partial charge in [-0.15, -0.1) is 0 Å². The lowest BCUT2D eigenvalue weighted by Crippen LogP contribution is -2.62. The number of para-hydroxylation sites is 1. The number of fused-ring (bicyclic) bond motifs is 1. The number of carbonyl (C=O) groups is 1. The zero-order valence-electron chi connectivity index (χ0n) is 15.8. The van der Waals surface area contributed by atoms with Crippen LogP contribution >= 0.6 is 0 Å². The van der Waals surface area contributed by atoms with Gasteiger partial charge in [0.25, 0.3) is 5.91 Å². The summed E-state index contributed by atoms with van der Waals surface area (Å²) in [4.78, 5) is 14.8. The Morgan fingerprint density at radius 1 is 1.14 bits per heavy atom. The fourth-order valence-corrected chi connectivity index (χ4v) is 4.12. The van der Waals surface area contributed by atoms with Gasteiger partial charge >= 0.3 is 0 Å². The lowest BCUT2D eigenvalue weighted by molar-refractivity contribution is -0.167. The highest BCUT2D eigenvalue weighted by Gasteiger charge is 2.51. The van der Waals surface area contributed by atoms with E-state index in [0.29, 0.717) is 12.3 Å². The predicted octanol–water partition coefficient (Wildman–Crippen LogP) is 3.23.